The standard InChI is InChI=1S/C29H34N6O5.ClH/c1-3-4-11-35-26-25(31-19-34(29(26)38)18-23(36)20-7-5-9-22(16-20)39-2)24(28(37)32-12-14-40-15-13-32)27(35)33-10-6-8-21(30)17-33;/h5,7,9,16,19,21H,6,8,10-15,17-18,30H2,1-2H3;1H. The number of benzene rings is 1. The van der Waals surface area contributed by atoms with Crippen LogP contribution in [0.25, 0.3) is 11.0 Å². The summed E-state index contributed by atoms with van der Waals surface area (Å²) in [5.74, 6) is 6.64. The van der Waals surface area contributed by atoms with Gasteiger partial charge in [0.25, 0.3) is 11.5 Å². The summed E-state index contributed by atoms with van der Waals surface area (Å²) < 4.78 is 13.8. The first-order valence-corrected chi connectivity index (χ1v) is 13.5. The molecule has 2 aliphatic rings. The summed E-state index contributed by atoms with van der Waals surface area (Å²) in [6, 6.07) is 6.73. The lowest BCUT2D eigenvalue weighted by Gasteiger charge is -2.34. The SMILES string of the molecule is CC#CCn1c(N2CCCC(N)C2)c(C(=O)N2CCOCC2)c2ncn(CC(=O)c3cccc(OC)c3)c(=O)c21.Cl. The number of ketones is 1. The lowest BCUT2D eigenvalue weighted by atomic mass is 10.1. The summed E-state index contributed by atoms with van der Waals surface area (Å²) in [5.41, 5.74) is 7.27. The average Bonchev–Trinajstić information content (AvgIpc) is 3.32. The first kappa shape index (κ1) is 30.1. The minimum atomic E-state index is -0.414. The van der Waals surface area contributed by atoms with Gasteiger partial charge in [-0.05, 0) is 31.9 Å². The third-order valence-corrected chi connectivity index (χ3v) is 7.39. The molecule has 3 aromatic rings. The Balaban J connectivity index is 0.00000387. The second-order valence-corrected chi connectivity index (χ2v) is 9.99. The number of carbonyl (C=O) groups is 2. The molecule has 1 aromatic carbocycles. The van der Waals surface area contributed by atoms with Crippen LogP contribution in [-0.2, 0) is 17.8 Å². The Morgan fingerprint density at radius 3 is 2.71 bits per heavy atom. The predicted octanol–water partition coefficient (Wildman–Crippen LogP) is 1.93. The van der Waals surface area contributed by atoms with E-state index in [1.54, 1.807) is 40.7 Å². The summed E-state index contributed by atoms with van der Waals surface area (Å²) in [6.07, 6.45) is 3.09. The number of nitrogens with zero attached hydrogens (tertiary/aromatic N) is 5. The van der Waals surface area contributed by atoms with Crippen molar-refractivity contribution in [2.45, 2.75) is 38.9 Å². The molecule has 1 atom stereocenters. The molecule has 2 aromatic heterocycles. The lowest BCUT2D eigenvalue weighted by Crippen LogP contribution is -2.45. The van der Waals surface area contributed by atoms with Crippen LogP contribution in [0.15, 0.2) is 35.4 Å². The molecule has 0 aliphatic carbocycles. The maximum atomic E-state index is 14.0. The van der Waals surface area contributed by atoms with Crippen LogP contribution in [-0.4, -0.2) is 83.3 Å². The van der Waals surface area contributed by atoms with E-state index in [1.807, 2.05) is 0 Å². The Morgan fingerprint density at radius 1 is 1.22 bits per heavy atom. The number of fused-ring (bicyclic) bond motifs is 1. The van der Waals surface area contributed by atoms with Gasteiger partial charge >= 0.3 is 0 Å². The summed E-state index contributed by atoms with van der Waals surface area (Å²) in [6.45, 7) is 4.73. The van der Waals surface area contributed by atoms with Gasteiger partial charge in [0.05, 0.1) is 39.7 Å². The fraction of sp³-hybridized carbons (Fsp3) is 0.448. The second kappa shape index (κ2) is 13.2. The number of carbonyl (C=O) groups excluding carboxylic acids is 2. The van der Waals surface area contributed by atoms with Crippen LogP contribution in [0.3, 0.4) is 0 Å². The number of hydrogen-bond donors (Lipinski definition) is 1. The lowest BCUT2D eigenvalue weighted by molar-refractivity contribution is 0.0304. The molecule has 0 spiro atoms. The number of methoxy groups -OCH3 is 1. The Morgan fingerprint density at radius 2 is 2.00 bits per heavy atom. The Kier molecular flexibility index (Phi) is 9.70. The number of ether oxygens (including phenoxy) is 2. The van der Waals surface area contributed by atoms with Gasteiger partial charge in [0, 0.05) is 37.8 Å². The Labute approximate surface area is 244 Å². The van der Waals surface area contributed by atoms with Crippen molar-refractivity contribution in [3.8, 4) is 17.6 Å². The van der Waals surface area contributed by atoms with Gasteiger partial charge in [0.1, 0.15) is 28.2 Å². The van der Waals surface area contributed by atoms with Crippen molar-refractivity contribution < 1.29 is 19.1 Å². The average molecular weight is 583 g/mol. The van der Waals surface area contributed by atoms with Gasteiger partial charge in [0.2, 0.25) is 0 Å². The first-order chi connectivity index (χ1) is 19.4. The molecule has 1 amide bonds. The van der Waals surface area contributed by atoms with E-state index in [4.69, 9.17) is 15.2 Å². The third-order valence-electron chi connectivity index (χ3n) is 7.39. The van der Waals surface area contributed by atoms with E-state index >= 15 is 0 Å². The number of amides is 1. The normalized spacial score (nSPS) is 17.0. The quantitative estimate of drug-likeness (QED) is 0.331. The molecule has 0 saturated carbocycles. The fourth-order valence-corrected chi connectivity index (χ4v) is 5.37. The monoisotopic (exact) mass is 582 g/mol. The van der Waals surface area contributed by atoms with Crippen LogP contribution in [0.5, 0.6) is 5.75 Å². The number of morpholine rings is 1. The minimum absolute atomic E-state index is 0. The number of hydrogen-bond acceptors (Lipinski definition) is 8. The van der Waals surface area contributed by atoms with Gasteiger partial charge in [0.15, 0.2) is 5.78 Å². The highest BCUT2D eigenvalue weighted by molar-refractivity contribution is 6.11. The van der Waals surface area contributed by atoms with Crippen molar-refractivity contribution in [1.29, 1.82) is 0 Å². The van der Waals surface area contributed by atoms with Crippen molar-refractivity contribution in [3.05, 3.63) is 52.1 Å². The van der Waals surface area contributed by atoms with Crippen LogP contribution < -0.4 is 20.9 Å². The van der Waals surface area contributed by atoms with Crippen LogP contribution >= 0.6 is 12.4 Å². The molecule has 41 heavy (non-hydrogen) atoms. The number of nitrogens with two attached hydrogens (primary N) is 1. The maximum absolute atomic E-state index is 14.0. The van der Waals surface area contributed by atoms with Gasteiger partial charge in [-0.15, -0.1) is 18.3 Å². The molecule has 4 heterocycles. The summed E-state index contributed by atoms with van der Waals surface area (Å²) in [7, 11) is 1.53. The number of Topliss-reactive ketones (excluding diaryl/α,β-unsaturated/α-hetero) is 1. The van der Waals surface area contributed by atoms with Gasteiger partial charge in [-0.1, -0.05) is 18.1 Å². The van der Waals surface area contributed by atoms with Crippen LogP contribution in [0, 0.1) is 11.8 Å². The van der Waals surface area contributed by atoms with E-state index in [2.05, 4.69) is 21.7 Å². The van der Waals surface area contributed by atoms with Crippen LogP contribution in [0.4, 0.5) is 5.82 Å². The van der Waals surface area contributed by atoms with Crippen molar-refractivity contribution in [3.63, 3.8) is 0 Å². The number of aromatic nitrogens is 3. The summed E-state index contributed by atoms with van der Waals surface area (Å²) >= 11 is 0. The van der Waals surface area contributed by atoms with Crippen molar-refractivity contribution in [2.24, 2.45) is 5.73 Å². The van der Waals surface area contributed by atoms with Gasteiger partial charge in [-0.3, -0.25) is 19.0 Å². The van der Waals surface area contributed by atoms with E-state index in [0.717, 1.165) is 12.8 Å². The van der Waals surface area contributed by atoms with E-state index in [9.17, 15) is 14.4 Å². The molecule has 12 heteroatoms. The molecule has 11 nitrogen and oxygen atoms in total. The van der Waals surface area contributed by atoms with Gasteiger partial charge in [-0.2, -0.15) is 0 Å². The smallest absolute Gasteiger partial charge is 0.278 e. The zero-order valence-corrected chi connectivity index (χ0v) is 24.1. The third kappa shape index (κ3) is 6.10. The van der Waals surface area contributed by atoms with Crippen molar-refractivity contribution in [2.75, 3.05) is 51.4 Å². The second-order valence-electron chi connectivity index (χ2n) is 9.99. The molecule has 2 aliphatic heterocycles. The van der Waals surface area contributed by atoms with Gasteiger partial charge in [-0.25, -0.2) is 4.98 Å². The topological polar surface area (TPSA) is 125 Å². The number of halogens is 1. The molecular weight excluding hydrogens is 548 g/mol. The molecule has 0 radical (unpaired) electrons. The Bertz CT molecular complexity index is 1550. The summed E-state index contributed by atoms with van der Waals surface area (Å²) in [4.78, 5) is 49.6. The molecule has 2 saturated heterocycles. The fourth-order valence-electron chi connectivity index (χ4n) is 5.37. The highest BCUT2D eigenvalue weighted by atomic mass is 35.5. The number of piperidine rings is 1. The molecule has 5 rings (SSSR count). The van der Waals surface area contributed by atoms with Crippen LogP contribution in [0.2, 0.25) is 0 Å². The molecular formula is C29H35ClN6O5. The largest absolute Gasteiger partial charge is 0.497 e. The van der Waals surface area contributed by atoms with E-state index in [0.29, 0.717) is 67.6 Å². The predicted molar refractivity (Wildman–Crippen MR) is 158 cm³/mol. The molecule has 2 N–H and O–H groups in total. The molecule has 1 unspecified atom stereocenters. The van der Waals surface area contributed by atoms with Crippen LogP contribution in [0.1, 0.15) is 40.5 Å². The summed E-state index contributed by atoms with van der Waals surface area (Å²) in [5, 5.41) is 0. The zero-order valence-electron chi connectivity index (χ0n) is 23.3. The minimum Gasteiger partial charge on any atom is -0.497 e. The van der Waals surface area contributed by atoms with E-state index in [-0.39, 0.29) is 48.7 Å². The number of anilines is 1. The van der Waals surface area contributed by atoms with Crippen molar-refractivity contribution >= 4 is 40.9 Å². The van der Waals surface area contributed by atoms with E-state index < -0.39 is 5.56 Å². The zero-order chi connectivity index (χ0) is 28.2. The van der Waals surface area contributed by atoms with Crippen molar-refractivity contribution in [1.82, 2.24) is 19.0 Å². The number of rotatable bonds is 7. The van der Waals surface area contributed by atoms with Gasteiger partial charge < -0.3 is 29.6 Å². The highest BCUT2D eigenvalue weighted by Crippen LogP contribution is 2.33. The van der Waals surface area contributed by atoms with E-state index in [1.165, 1.54) is 18.0 Å². The molecule has 2 fully saturated rings. The Hall–Kier alpha value is -3.85. The molecule has 0 bridgehead atoms. The molecule has 218 valence electrons. The highest BCUT2D eigenvalue weighted by Gasteiger charge is 2.34. The maximum Gasteiger partial charge on any atom is 0.278 e. The first-order valence-electron chi connectivity index (χ1n) is 13.5.